The highest BCUT2D eigenvalue weighted by molar-refractivity contribution is 5.96. The summed E-state index contributed by atoms with van der Waals surface area (Å²) in [7, 11) is 0. The largest absolute Gasteiger partial charge is 0.294 e. The molecule has 0 amide bonds. The van der Waals surface area contributed by atoms with Crippen LogP contribution < -0.4 is 0 Å². The Balaban J connectivity index is 2.05. The van der Waals surface area contributed by atoms with Crippen molar-refractivity contribution >= 4 is 5.78 Å². The van der Waals surface area contributed by atoms with Crippen LogP contribution in [0.2, 0.25) is 0 Å². The smallest absolute Gasteiger partial charge is 0.162 e. The van der Waals surface area contributed by atoms with Crippen molar-refractivity contribution in [2.75, 3.05) is 0 Å². The van der Waals surface area contributed by atoms with E-state index in [1.54, 1.807) is 0 Å². The van der Waals surface area contributed by atoms with Crippen molar-refractivity contribution in [2.24, 2.45) is 5.41 Å². The van der Waals surface area contributed by atoms with Gasteiger partial charge in [-0.05, 0) is 48.3 Å². The van der Waals surface area contributed by atoms with E-state index in [9.17, 15) is 4.79 Å². The molecule has 0 fully saturated rings. The lowest BCUT2D eigenvalue weighted by molar-refractivity contribution is 0.0966. The Kier molecular flexibility index (Phi) is 3.37. The van der Waals surface area contributed by atoms with Crippen molar-refractivity contribution in [3.8, 4) is 0 Å². The Morgan fingerprint density at radius 2 is 1.88 bits per heavy atom. The minimum Gasteiger partial charge on any atom is -0.294 e. The lowest BCUT2D eigenvalue weighted by atomic mass is 9.88. The third-order valence-corrected chi connectivity index (χ3v) is 3.52. The number of rotatable bonds is 3. The third kappa shape index (κ3) is 3.18. The average Bonchev–Trinajstić information content (AvgIpc) is 2.71. The van der Waals surface area contributed by atoms with Gasteiger partial charge in [-0.25, -0.2) is 0 Å². The number of hydrogen-bond acceptors (Lipinski definition) is 1. The van der Waals surface area contributed by atoms with E-state index in [2.05, 4.69) is 32.9 Å². The number of aryl methyl sites for hydroxylation is 2. The molecular formula is C16H22O. The maximum atomic E-state index is 12.1. The summed E-state index contributed by atoms with van der Waals surface area (Å²) >= 11 is 0. The van der Waals surface area contributed by atoms with E-state index in [0.29, 0.717) is 12.2 Å². The van der Waals surface area contributed by atoms with Crippen LogP contribution in [0.3, 0.4) is 0 Å². The predicted octanol–water partition coefficient (Wildman–Crippen LogP) is 4.18. The van der Waals surface area contributed by atoms with Crippen molar-refractivity contribution in [1.29, 1.82) is 0 Å². The van der Waals surface area contributed by atoms with Gasteiger partial charge in [-0.15, -0.1) is 0 Å². The summed E-state index contributed by atoms with van der Waals surface area (Å²) in [4.78, 5) is 12.1. The first-order valence-electron chi connectivity index (χ1n) is 6.61. The molecule has 0 unspecified atom stereocenters. The average molecular weight is 230 g/mol. The van der Waals surface area contributed by atoms with Gasteiger partial charge >= 0.3 is 0 Å². The van der Waals surface area contributed by atoms with Crippen LogP contribution in [0.25, 0.3) is 0 Å². The number of fused-ring (bicyclic) bond motifs is 1. The molecular weight excluding hydrogens is 208 g/mol. The first-order chi connectivity index (χ1) is 7.96. The highest BCUT2D eigenvalue weighted by atomic mass is 16.1. The van der Waals surface area contributed by atoms with Gasteiger partial charge in [0.1, 0.15) is 0 Å². The minimum atomic E-state index is 0.242. The van der Waals surface area contributed by atoms with Crippen LogP contribution in [-0.2, 0) is 12.8 Å². The molecule has 1 heteroatoms. The van der Waals surface area contributed by atoms with Gasteiger partial charge < -0.3 is 0 Å². The summed E-state index contributed by atoms with van der Waals surface area (Å²) in [5, 5.41) is 0. The Hall–Kier alpha value is -1.11. The van der Waals surface area contributed by atoms with Gasteiger partial charge in [0.15, 0.2) is 5.78 Å². The van der Waals surface area contributed by atoms with Gasteiger partial charge in [0.05, 0.1) is 0 Å². The zero-order valence-corrected chi connectivity index (χ0v) is 11.2. The van der Waals surface area contributed by atoms with Crippen molar-refractivity contribution in [3.05, 3.63) is 34.9 Å². The molecule has 0 saturated heterocycles. The summed E-state index contributed by atoms with van der Waals surface area (Å²) in [5.41, 5.74) is 3.99. The van der Waals surface area contributed by atoms with E-state index in [-0.39, 0.29) is 5.41 Å². The fourth-order valence-corrected chi connectivity index (χ4v) is 2.38. The predicted molar refractivity (Wildman–Crippen MR) is 71.5 cm³/mol. The normalized spacial score (nSPS) is 14.8. The van der Waals surface area contributed by atoms with E-state index in [1.165, 1.54) is 24.0 Å². The molecule has 0 atom stereocenters. The monoisotopic (exact) mass is 230 g/mol. The topological polar surface area (TPSA) is 17.1 Å². The van der Waals surface area contributed by atoms with Crippen LogP contribution in [0.5, 0.6) is 0 Å². The summed E-state index contributed by atoms with van der Waals surface area (Å²) < 4.78 is 0. The van der Waals surface area contributed by atoms with Crippen LogP contribution in [-0.4, -0.2) is 5.78 Å². The molecule has 0 aliphatic heterocycles. The van der Waals surface area contributed by atoms with Crippen LogP contribution >= 0.6 is 0 Å². The molecule has 0 saturated carbocycles. The van der Waals surface area contributed by atoms with Crippen LogP contribution in [0.1, 0.15) is 61.5 Å². The molecule has 0 spiro atoms. The molecule has 0 heterocycles. The van der Waals surface area contributed by atoms with Crippen molar-refractivity contribution < 1.29 is 4.79 Å². The lowest BCUT2D eigenvalue weighted by Crippen LogP contribution is -2.09. The van der Waals surface area contributed by atoms with Gasteiger partial charge in [-0.3, -0.25) is 4.79 Å². The third-order valence-electron chi connectivity index (χ3n) is 3.52. The van der Waals surface area contributed by atoms with E-state index < -0.39 is 0 Å². The van der Waals surface area contributed by atoms with Gasteiger partial charge in [-0.2, -0.15) is 0 Å². The van der Waals surface area contributed by atoms with E-state index in [4.69, 9.17) is 0 Å². The molecule has 1 nitrogen and oxygen atoms in total. The van der Waals surface area contributed by atoms with E-state index >= 15 is 0 Å². The molecule has 0 bridgehead atoms. The highest BCUT2D eigenvalue weighted by Gasteiger charge is 2.16. The Bertz CT molecular complexity index is 424. The fourth-order valence-electron chi connectivity index (χ4n) is 2.38. The summed E-state index contributed by atoms with van der Waals surface area (Å²) in [6, 6.07) is 6.27. The molecule has 0 N–H and O–H groups in total. The molecule has 92 valence electrons. The molecule has 1 aromatic carbocycles. The summed E-state index contributed by atoms with van der Waals surface area (Å²) in [5.74, 6) is 0.301. The van der Waals surface area contributed by atoms with Crippen molar-refractivity contribution in [2.45, 2.75) is 52.9 Å². The number of carbonyl (C=O) groups is 1. The Labute approximate surface area is 104 Å². The van der Waals surface area contributed by atoms with Crippen LogP contribution in [0.15, 0.2) is 18.2 Å². The molecule has 0 aromatic heterocycles. The van der Waals surface area contributed by atoms with Crippen LogP contribution in [0, 0.1) is 5.41 Å². The van der Waals surface area contributed by atoms with Gasteiger partial charge in [-0.1, -0.05) is 32.9 Å². The number of Topliss-reactive ketones (excluding diaryl/α,β-unsaturated/α-hetero) is 1. The summed E-state index contributed by atoms with van der Waals surface area (Å²) in [6.07, 6.45) is 5.21. The SMILES string of the molecule is CC(C)(C)CCC(=O)c1ccc2c(c1)CCC2. The van der Waals surface area contributed by atoms with Crippen LogP contribution in [0.4, 0.5) is 0 Å². The zero-order chi connectivity index (χ0) is 12.5. The highest BCUT2D eigenvalue weighted by Crippen LogP contribution is 2.25. The minimum absolute atomic E-state index is 0.242. The molecule has 17 heavy (non-hydrogen) atoms. The zero-order valence-electron chi connectivity index (χ0n) is 11.2. The van der Waals surface area contributed by atoms with E-state index in [0.717, 1.165) is 18.4 Å². The second kappa shape index (κ2) is 4.64. The second-order valence-corrected chi connectivity index (χ2v) is 6.32. The first-order valence-corrected chi connectivity index (χ1v) is 6.61. The molecule has 2 rings (SSSR count). The molecule has 1 aliphatic carbocycles. The number of carbonyl (C=O) groups excluding carboxylic acids is 1. The molecule has 1 aromatic rings. The molecule has 1 aliphatic rings. The van der Waals surface area contributed by atoms with Crippen molar-refractivity contribution in [1.82, 2.24) is 0 Å². The number of benzene rings is 1. The van der Waals surface area contributed by atoms with Gasteiger partial charge in [0.25, 0.3) is 0 Å². The maximum absolute atomic E-state index is 12.1. The standard InChI is InChI=1S/C16H22O/c1-16(2,3)10-9-15(17)14-8-7-12-5-4-6-13(12)11-14/h7-8,11H,4-6,9-10H2,1-3H3. The van der Waals surface area contributed by atoms with Crippen molar-refractivity contribution in [3.63, 3.8) is 0 Å². The molecule has 0 radical (unpaired) electrons. The quantitative estimate of drug-likeness (QED) is 0.712. The second-order valence-electron chi connectivity index (χ2n) is 6.32. The Morgan fingerprint density at radius 3 is 2.59 bits per heavy atom. The fraction of sp³-hybridized carbons (Fsp3) is 0.562. The van der Waals surface area contributed by atoms with Gasteiger partial charge in [0.2, 0.25) is 0 Å². The lowest BCUT2D eigenvalue weighted by Gasteiger charge is -2.17. The number of hydrogen-bond donors (Lipinski definition) is 0. The number of ketones is 1. The van der Waals surface area contributed by atoms with E-state index in [1.807, 2.05) is 6.07 Å². The van der Waals surface area contributed by atoms with Gasteiger partial charge in [0, 0.05) is 12.0 Å². The summed E-state index contributed by atoms with van der Waals surface area (Å²) in [6.45, 7) is 6.55. The first kappa shape index (κ1) is 12.3. The maximum Gasteiger partial charge on any atom is 0.162 e. The Morgan fingerprint density at radius 1 is 1.18 bits per heavy atom.